The van der Waals surface area contributed by atoms with E-state index < -0.39 is 12.6 Å². The van der Waals surface area contributed by atoms with Crippen LogP contribution in [0.3, 0.4) is 0 Å². The standard InChI is InChI=1S/C11H16F3N3O/c1-3-15-10-16-7-8(2)9(17-10)18-6-4-5-11(12,13)14/h7H,3-6H2,1-2H3,(H,15,16,17). The molecule has 102 valence electrons. The van der Waals surface area contributed by atoms with Crippen LogP contribution in [0.4, 0.5) is 19.1 Å². The van der Waals surface area contributed by atoms with Crippen molar-refractivity contribution in [2.75, 3.05) is 18.5 Å². The molecule has 0 spiro atoms. The van der Waals surface area contributed by atoms with Crippen molar-refractivity contribution < 1.29 is 17.9 Å². The molecule has 0 aromatic carbocycles. The zero-order chi connectivity index (χ0) is 13.6. The molecule has 7 heteroatoms. The minimum absolute atomic E-state index is 0.0110. The third kappa shape index (κ3) is 5.20. The summed E-state index contributed by atoms with van der Waals surface area (Å²) in [5.74, 6) is 0.733. The van der Waals surface area contributed by atoms with Crippen LogP contribution in [-0.2, 0) is 0 Å². The summed E-state index contributed by atoms with van der Waals surface area (Å²) in [6, 6.07) is 0. The highest BCUT2D eigenvalue weighted by Gasteiger charge is 2.26. The molecule has 1 N–H and O–H groups in total. The van der Waals surface area contributed by atoms with Crippen LogP contribution in [0.1, 0.15) is 25.3 Å². The monoisotopic (exact) mass is 263 g/mol. The number of rotatable bonds is 6. The van der Waals surface area contributed by atoms with E-state index in [-0.39, 0.29) is 13.0 Å². The van der Waals surface area contributed by atoms with E-state index in [1.807, 2.05) is 6.92 Å². The summed E-state index contributed by atoms with van der Waals surface area (Å²) in [7, 11) is 0. The Hall–Kier alpha value is -1.53. The Balaban J connectivity index is 2.48. The zero-order valence-electron chi connectivity index (χ0n) is 10.3. The van der Waals surface area contributed by atoms with E-state index in [1.165, 1.54) is 0 Å². The van der Waals surface area contributed by atoms with Gasteiger partial charge in [0.15, 0.2) is 0 Å². The molecule has 0 aliphatic carbocycles. The first-order chi connectivity index (χ1) is 8.42. The van der Waals surface area contributed by atoms with Crippen LogP contribution in [0.5, 0.6) is 5.88 Å². The Labute approximate surface area is 104 Å². The molecule has 0 aliphatic heterocycles. The molecule has 1 aromatic rings. The number of aryl methyl sites for hydroxylation is 1. The number of alkyl halides is 3. The largest absolute Gasteiger partial charge is 0.477 e. The Morgan fingerprint density at radius 1 is 1.39 bits per heavy atom. The maximum absolute atomic E-state index is 11.9. The Kier molecular flexibility index (Phi) is 5.18. The van der Waals surface area contributed by atoms with Crippen LogP contribution >= 0.6 is 0 Å². The van der Waals surface area contributed by atoms with Crippen molar-refractivity contribution in [3.63, 3.8) is 0 Å². The summed E-state index contributed by atoms with van der Waals surface area (Å²) < 4.78 is 41.0. The van der Waals surface area contributed by atoms with Crippen molar-refractivity contribution in [3.05, 3.63) is 11.8 Å². The van der Waals surface area contributed by atoms with Gasteiger partial charge < -0.3 is 10.1 Å². The quantitative estimate of drug-likeness (QED) is 0.802. The van der Waals surface area contributed by atoms with Gasteiger partial charge in [-0.05, 0) is 20.3 Å². The molecule has 1 aromatic heterocycles. The third-order valence-corrected chi connectivity index (χ3v) is 2.10. The average Bonchev–Trinajstić information content (AvgIpc) is 2.27. The van der Waals surface area contributed by atoms with E-state index >= 15 is 0 Å². The van der Waals surface area contributed by atoms with Gasteiger partial charge in [-0.1, -0.05) is 0 Å². The van der Waals surface area contributed by atoms with Gasteiger partial charge in [0.25, 0.3) is 0 Å². The predicted octanol–water partition coefficient (Wildman–Crippen LogP) is 2.94. The lowest BCUT2D eigenvalue weighted by Gasteiger charge is -2.10. The van der Waals surface area contributed by atoms with Gasteiger partial charge in [0.1, 0.15) is 0 Å². The molecule has 0 amide bonds. The van der Waals surface area contributed by atoms with Crippen molar-refractivity contribution in [2.45, 2.75) is 32.9 Å². The van der Waals surface area contributed by atoms with Gasteiger partial charge in [-0.15, -0.1) is 0 Å². The molecule has 1 heterocycles. The topological polar surface area (TPSA) is 47.0 Å². The van der Waals surface area contributed by atoms with E-state index in [0.29, 0.717) is 23.9 Å². The average molecular weight is 263 g/mol. The first-order valence-corrected chi connectivity index (χ1v) is 5.69. The maximum Gasteiger partial charge on any atom is 0.389 e. The number of hydrogen-bond acceptors (Lipinski definition) is 4. The highest BCUT2D eigenvalue weighted by Crippen LogP contribution is 2.22. The van der Waals surface area contributed by atoms with E-state index in [4.69, 9.17) is 4.74 Å². The lowest BCUT2D eigenvalue weighted by Crippen LogP contribution is -2.11. The molecule has 0 atom stereocenters. The van der Waals surface area contributed by atoms with Gasteiger partial charge in [0.2, 0.25) is 11.8 Å². The fourth-order valence-corrected chi connectivity index (χ4v) is 1.26. The molecule has 0 radical (unpaired) electrons. The summed E-state index contributed by atoms with van der Waals surface area (Å²) in [6.45, 7) is 4.29. The third-order valence-electron chi connectivity index (χ3n) is 2.10. The molecule has 1 rings (SSSR count). The molecule has 0 unspecified atom stereocenters. The summed E-state index contributed by atoms with van der Waals surface area (Å²) in [5, 5.41) is 2.91. The second-order valence-corrected chi connectivity index (χ2v) is 3.78. The fraction of sp³-hybridized carbons (Fsp3) is 0.636. The van der Waals surface area contributed by atoms with E-state index in [2.05, 4.69) is 15.3 Å². The number of hydrogen-bond donors (Lipinski definition) is 1. The number of aromatic nitrogens is 2. The van der Waals surface area contributed by atoms with Crippen LogP contribution in [0.25, 0.3) is 0 Å². The first kappa shape index (κ1) is 14.5. The normalized spacial score (nSPS) is 11.4. The van der Waals surface area contributed by atoms with Crippen LogP contribution < -0.4 is 10.1 Å². The Bertz CT molecular complexity index is 382. The smallest absolute Gasteiger partial charge is 0.389 e. The number of nitrogens with one attached hydrogen (secondary N) is 1. The highest BCUT2D eigenvalue weighted by atomic mass is 19.4. The molecule has 0 saturated carbocycles. The van der Waals surface area contributed by atoms with Crippen LogP contribution in [0, 0.1) is 6.92 Å². The van der Waals surface area contributed by atoms with Gasteiger partial charge in [-0.25, -0.2) is 4.98 Å². The van der Waals surface area contributed by atoms with Crippen molar-refractivity contribution in [2.24, 2.45) is 0 Å². The van der Waals surface area contributed by atoms with Crippen LogP contribution in [-0.4, -0.2) is 29.3 Å². The molecular formula is C11H16F3N3O. The number of anilines is 1. The van der Waals surface area contributed by atoms with Crippen molar-refractivity contribution in [1.82, 2.24) is 9.97 Å². The number of halogens is 3. The SMILES string of the molecule is CCNc1ncc(C)c(OCCCC(F)(F)F)n1. The van der Waals surface area contributed by atoms with E-state index in [1.54, 1.807) is 13.1 Å². The molecule has 18 heavy (non-hydrogen) atoms. The second-order valence-electron chi connectivity index (χ2n) is 3.78. The van der Waals surface area contributed by atoms with Crippen molar-refractivity contribution in [1.29, 1.82) is 0 Å². The Morgan fingerprint density at radius 3 is 2.72 bits per heavy atom. The van der Waals surface area contributed by atoms with Gasteiger partial charge in [0.05, 0.1) is 6.61 Å². The van der Waals surface area contributed by atoms with Gasteiger partial charge in [-0.3, -0.25) is 0 Å². The van der Waals surface area contributed by atoms with Crippen LogP contribution in [0.15, 0.2) is 6.20 Å². The van der Waals surface area contributed by atoms with Gasteiger partial charge >= 0.3 is 6.18 Å². The molecule has 0 fully saturated rings. The van der Waals surface area contributed by atoms with Crippen LogP contribution in [0.2, 0.25) is 0 Å². The zero-order valence-corrected chi connectivity index (χ0v) is 10.3. The summed E-state index contributed by atoms with van der Waals surface area (Å²) >= 11 is 0. The lowest BCUT2D eigenvalue weighted by atomic mass is 10.3. The molecule has 4 nitrogen and oxygen atoms in total. The van der Waals surface area contributed by atoms with Crippen molar-refractivity contribution >= 4 is 5.95 Å². The summed E-state index contributed by atoms with van der Waals surface area (Å²) in [6.07, 6.45) is -3.50. The van der Waals surface area contributed by atoms with E-state index in [0.717, 1.165) is 0 Å². The lowest BCUT2D eigenvalue weighted by molar-refractivity contribution is -0.136. The highest BCUT2D eigenvalue weighted by molar-refractivity contribution is 5.32. The predicted molar refractivity (Wildman–Crippen MR) is 61.7 cm³/mol. The summed E-state index contributed by atoms with van der Waals surface area (Å²) in [4.78, 5) is 8.08. The molecule has 0 aliphatic rings. The number of nitrogens with zero attached hydrogens (tertiary/aromatic N) is 2. The second kappa shape index (κ2) is 6.42. The van der Waals surface area contributed by atoms with Gasteiger partial charge in [-0.2, -0.15) is 18.2 Å². The summed E-state index contributed by atoms with van der Waals surface area (Å²) in [5.41, 5.74) is 0.698. The molecule has 0 bridgehead atoms. The minimum atomic E-state index is -4.14. The van der Waals surface area contributed by atoms with E-state index in [9.17, 15) is 13.2 Å². The minimum Gasteiger partial charge on any atom is -0.477 e. The Morgan fingerprint density at radius 2 is 2.11 bits per heavy atom. The van der Waals surface area contributed by atoms with Crippen molar-refractivity contribution in [3.8, 4) is 5.88 Å². The maximum atomic E-state index is 11.9. The van der Waals surface area contributed by atoms with Gasteiger partial charge in [0, 0.05) is 24.7 Å². The molecule has 0 saturated heterocycles. The molecular weight excluding hydrogens is 247 g/mol. The fourth-order valence-electron chi connectivity index (χ4n) is 1.26. The number of ether oxygens (including phenoxy) is 1. The first-order valence-electron chi connectivity index (χ1n) is 5.69.